The van der Waals surface area contributed by atoms with Gasteiger partial charge in [-0.15, -0.1) is 0 Å². The zero-order chi connectivity index (χ0) is 16.5. The van der Waals surface area contributed by atoms with Crippen LogP contribution in [0.25, 0.3) is 10.9 Å². The fraction of sp³-hybridized carbons (Fsp3) is 0.600. The molecule has 4 nitrogen and oxygen atoms in total. The number of rotatable bonds is 2. The van der Waals surface area contributed by atoms with Crippen molar-refractivity contribution in [3.05, 3.63) is 29.5 Å². The molecule has 1 aliphatic carbocycles. The highest BCUT2D eigenvalue weighted by Crippen LogP contribution is 2.54. The van der Waals surface area contributed by atoms with Crippen LogP contribution in [0.1, 0.15) is 37.4 Å². The second-order valence-corrected chi connectivity index (χ2v) is 8.19. The van der Waals surface area contributed by atoms with E-state index in [1.54, 1.807) is 6.07 Å². The van der Waals surface area contributed by atoms with E-state index in [1.807, 2.05) is 12.1 Å². The standard InChI is InChI=1S/C20H26N2O2/c1-2-13-7-12-9-20(11-23)18-15(5-6-22(10-12)19(13)20)16-8-14(24)3-4-17(16)21-18/h3-4,8,12-13,19,21,23-24H,2,5-7,9-11H2,1H3. The van der Waals surface area contributed by atoms with Crippen molar-refractivity contribution in [1.82, 2.24) is 9.88 Å². The lowest BCUT2D eigenvalue weighted by Crippen LogP contribution is -2.65. The smallest absolute Gasteiger partial charge is 0.116 e. The van der Waals surface area contributed by atoms with Gasteiger partial charge in [-0.25, -0.2) is 0 Å². The van der Waals surface area contributed by atoms with Crippen LogP contribution in [0, 0.1) is 11.8 Å². The molecule has 1 saturated carbocycles. The van der Waals surface area contributed by atoms with Gasteiger partial charge in [0.05, 0.1) is 6.61 Å². The van der Waals surface area contributed by atoms with Gasteiger partial charge in [0.1, 0.15) is 5.75 Å². The molecule has 1 aromatic carbocycles. The lowest BCUT2D eigenvalue weighted by molar-refractivity contribution is -0.0775. The molecule has 4 aliphatic rings. The number of nitrogens with zero attached hydrogens (tertiary/aromatic N) is 1. The number of phenols is 1. The molecule has 1 aromatic heterocycles. The van der Waals surface area contributed by atoms with Gasteiger partial charge in [0.2, 0.25) is 0 Å². The molecule has 6 rings (SSSR count). The van der Waals surface area contributed by atoms with Gasteiger partial charge in [0, 0.05) is 41.1 Å². The number of aromatic hydroxyl groups is 1. The summed E-state index contributed by atoms with van der Waals surface area (Å²) < 4.78 is 0. The van der Waals surface area contributed by atoms with Crippen LogP contribution in [-0.4, -0.2) is 45.8 Å². The third kappa shape index (κ3) is 1.76. The summed E-state index contributed by atoms with van der Waals surface area (Å²) in [5, 5.41) is 21.7. The molecule has 5 unspecified atom stereocenters. The minimum atomic E-state index is -0.164. The predicted octanol–water partition coefficient (Wildman–Crippen LogP) is 2.78. The average molecular weight is 326 g/mol. The molecule has 0 radical (unpaired) electrons. The Kier molecular flexibility index (Phi) is 3.08. The molecule has 4 heteroatoms. The number of fused-ring (bicyclic) bond motifs is 4. The number of piperidine rings is 2. The van der Waals surface area contributed by atoms with Crippen molar-refractivity contribution in [1.29, 1.82) is 0 Å². The van der Waals surface area contributed by atoms with Gasteiger partial charge in [-0.05, 0) is 54.9 Å². The Balaban J connectivity index is 1.77. The van der Waals surface area contributed by atoms with Crippen molar-refractivity contribution in [2.75, 3.05) is 19.7 Å². The van der Waals surface area contributed by atoms with E-state index < -0.39 is 0 Å². The van der Waals surface area contributed by atoms with Gasteiger partial charge in [-0.2, -0.15) is 0 Å². The highest BCUT2D eigenvalue weighted by Gasteiger charge is 2.57. The van der Waals surface area contributed by atoms with Crippen LogP contribution < -0.4 is 0 Å². The molecule has 4 heterocycles. The summed E-state index contributed by atoms with van der Waals surface area (Å²) in [7, 11) is 0. The van der Waals surface area contributed by atoms with E-state index in [9.17, 15) is 10.2 Å². The molecular formula is C20H26N2O2. The summed E-state index contributed by atoms with van der Waals surface area (Å²) in [6, 6.07) is 6.05. The largest absolute Gasteiger partial charge is 0.508 e. The summed E-state index contributed by atoms with van der Waals surface area (Å²) in [6.45, 7) is 4.77. The van der Waals surface area contributed by atoms with Gasteiger partial charge in [0.25, 0.3) is 0 Å². The number of benzene rings is 1. The minimum Gasteiger partial charge on any atom is -0.508 e. The van der Waals surface area contributed by atoms with Crippen LogP contribution >= 0.6 is 0 Å². The summed E-state index contributed by atoms with van der Waals surface area (Å²) in [5.74, 6) is 1.69. The van der Waals surface area contributed by atoms with Crippen molar-refractivity contribution in [3.63, 3.8) is 0 Å². The Morgan fingerprint density at radius 2 is 2.25 bits per heavy atom. The number of H-pyrrole nitrogens is 1. The first-order valence-electron chi connectivity index (χ1n) is 9.35. The van der Waals surface area contributed by atoms with E-state index in [1.165, 1.54) is 30.6 Å². The van der Waals surface area contributed by atoms with Crippen LogP contribution in [0.3, 0.4) is 0 Å². The van der Waals surface area contributed by atoms with Crippen LogP contribution in [0.15, 0.2) is 18.2 Å². The molecule has 5 atom stereocenters. The van der Waals surface area contributed by atoms with Crippen molar-refractivity contribution < 1.29 is 10.2 Å². The summed E-state index contributed by atoms with van der Waals surface area (Å²) in [5.41, 5.74) is 3.50. The molecular weight excluding hydrogens is 300 g/mol. The normalized spacial score (nSPS) is 37.4. The fourth-order valence-corrected chi connectivity index (χ4v) is 6.24. The van der Waals surface area contributed by atoms with E-state index in [2.05, 4.69) is 16.8 Å². The van der Waals surface area contributed by atoms with E-state index in [4.69, 9.17) is 0 Å². The number of hydrogen-bond donors (Lipinski definition) is 3. The van der Waals surface area contributed by atoms with E-state index in [0.717, 1.165) is 30.3 Å². The molecule has 4 bridgehead atoms. The predicted molar refractivity (Wildman–Crippen MR) is 94.3 cm³/mol. The Hall–Kier alpha value is -1.52. The van der Waals surface area contributed by atoms with Crippen LogP contribution in [0.4, 0.5) is 0 Å². The highest BCUT2D eigenvalue weighted by molar-refractivity contribution is 5.86. The minimum absolute atomic E-state index is 0.164. The number of aliphatic hydroxyl groups excluding tert-OH is 1. The number of phenolic OH excluding ortho intramolecular Hbond substituents is 1. The second kappa shape index (κ2) is 4.99. The summed E-state index contributed by atoms with van der Waals surface area (Å²) >= 11 is 0. The van der Waals surface area contributed by atoms with E-state index in [0.29, 0.717) is 23.6 Å². The Bertz CT molecular complexity index is 798. The highest BCUT2D eigenvalue weighted by atomic mass is 16.3. The molecule has 24 heavy (non-hydrogen) atoms. The maximum absolute atomic E-state index is 10.6. The molecule has 0 amide bonds. The molecule has 2 saturated heterocycles. The van der Waals surface area contributed by atoms with Crippen molar-refractivity contribution in [2.24, 2.45) is 11.8 Å². The van der Waals surface area contributed by atoms with Crippen LogP contribution in [0.5, 0.6) is 5.75 Å². The first-order chi connectivity index (χ1) is 11.7. The zero-order valence-corrected chi connectivity index (χ0v) is 14.3. The average Bonchev–Trinajstić information content (AvgIpc) is 2.93. The van der Waals surface area contributed by atoms with Gasteiger partial charge < -0.3 is 15.2 Å². The second-order valence-electron chi connectivity index (χ2n) is 8.19. The molecule has 0 spiro atoms. The zero-order valence-electron chi connectivity index (χ0n) is 14.3. The number of aromatic nitrogens is 1. The van der Waals surface area contributed by atoms with Gasteiger partial charge >= 0.3 is 0 Å². The fourth-order valence-electron chi connectivity index (χ4n) is 6.24. The first-order valence-corrected chi connectivity index (χ1v) is 9.35. The molecule has 128 valence electrons. The number of aliphatic hydroxyl groups is 1. The third-order valence-electron chi connectivity index (χ3n) is 7.03. The SMILES string of the molecule is CCC1CC2CN3CCc4c([nH]c5ccc(O)cc45)C(CO)(C2)C13. The quantitative estimate of drug-likeness (QED) is 0.795. The van der Waals surface area contributed by atoms with Crippen molar-refractivity contribution in [2.45, 2.75) is 44.1 Å². The van der Waals surface area contributed by atoms with Crippen LogP contribution in [-0.2, 0) is 11.8 Å². The number of aromatic amines is 1. The van der Waals surface area contributed by atoms with Gasteiger partial charge in [-0.1, -0.05) is 13.3 Å². The maximum Gasteiger partial charge on any atom is 0.116 e. The van der Waals surface area contributed by atoms with E-state index >= 15 is 0 Å². The first kappa shape index (κ1) is 14.8. The Morgan fingerprint density at radius 1 is 1.38 bits per heavy atom. The van der Waals surface area contributed by atoms with Gasteiger partial charge in [-0.3, -0.25) is 4.90 Å². The summed E-state index contributed by atoms with van der Waals surface area (Å²) in [4.78, 5) is 6.32. The molecule has 3 N–H and O–H groups in total. The lowest BCUT2D eigenvalue weighted by atomic mass is 9.57. The van der Waals surface area contributed by atoms with Crippen molar-refractivity contribution in [3.8, 4) is 5.75 Å². The molecule has 2 aromatic rings. The van der Waals surface area contributed by atoms with Crippen LogP contribution in [0.2, 0.25) is 0 Å². The topological polar surface area (TPSA) is 59.5 Å². The molecule has 3 aliphatic heterocycles. The van der Waals surface area contributed by atoms with E-state index in [-0.39, 0.29) is 12.0 Å². The maximum atomic E-state index is 10.6. The number of hydrogen-bond acceptors (Lipinski definition) is 3. The number of nitrogens with one attached hydrogen (secondary N) is 1. The Labute approximate surface area is 142 Å². The summed E-state index contributed by atoms with van der Waals surface area (Å²) in [6.07, 6.45) is 4.60. The molecule has 3 fully saturated rings. The van der Waals surface area contributed by atoms with Crippen molar-refractivity contribution >= 4 is 10.9 Å². The third-order valence-corrected chi connectivity index (χ3v) is 7.03. The Morgan fingerprint density at radius 3 is 3.04 bits per heavy atom. The lowest BCUT2D eigenvalue weighted by Gasteiger charge is -2.59. The monoisotopic (exact) mass is 326 g/mol. The van der Waals surface area contributed by atoms with Gasteiger partial charge in [0.15, 0.2) is 0 Å².